The summed E-state index contributed by atoms with van der Waals surface area (Å²) in [5, 5.41) is 0. The van der Waals surface area contributed by atoms with Crippen LogP contribution in [0.25, 0.3) is 0 Å². The lowest BCUT2D eigenvalue weighted by molar-refractivity contribution is 0.0292. The zero-order chi connectivity index (χ0) is 9.84. The number of nitrogens with zero attached hydrogens (tertiary/aromatic N) is 1. The molecule has 0 aliphatic carbocycles. The molecule has 0 radical (unpaired) electrons. The molecule has 13 heavy (non-hydrogen) atoms. The van der Waals surface area contributed by atoms with Gasteiger partial charge in [-0.15, -0.1) is 0 Å². The first kappa shape index (κ1) is 11.0. The fourth-order valence-electron chi connectivity index (χ4n) is 2.11. The Morgan fingerprint density at radius 1 is 1.54 bits per heavy atom. The van der Waals surface area contributed by atoms with Crippen LogP contribution in [0.5, 0.6) is 0 Å². The molecule has 1 saturated heterocycles. The van der Waals surface area contributed by atoms with Crippen molar-refractivity contribution in [1.82, 2.24) is 4.90 Å². The van der Waals surface area contributed by atoms with Crippen molar-refractivity contribution >= 4 is 0 Å². The Morgan fingerprint density at radius 2 is 2.23 bits per heavy atom. The third kappa shape index (κ3) is 2.42. The van der Waals surface area contributed by atoms with Crippen LogP contribution >= 0.6 is 0 Å². The topological polar surface area (TPSA) is 38.5 Å². The van der Waals surface area contributed by atoms with Crippen LogP contribution in [0.3, 0.4) is 0 Å². The average molecular weight is 186 g/mol. The van der Waals surface area contributed by atoms with Crippen LogP contribution < -0.4 is 5.73 Å². The fraction of sp³-hybridized carbons (Fsp3) is 1.00. The molecule has 1 fully saturated rings. The Balaban J connectivity index is 2.49. The zero-order valence-electron chi connectivity index (χ0n) is 8.99. The Hall–Kier alpha value is -0.120. The van der Waals surface area contributed by atoms with Gasteiger partial charge in [-0.25, -0.2) is 0 Å². The van der Waals surface area contributed by atoms with Gasteiger partial charge in [-0.1, -0.05) is 0 Å². The molecule has 1 aliphatic heterocycles. The normalized spacial score (nSPS) is 29.1. The Labute approximate surface area is 81.2 Å². The van der Waals surface area contributed by atoms with E-state index in [-0.39, 0.29) is 0 Å². The van der Waals surface area contributed by atoms with Gasteiger partial charge in [0.25, 0.3) is 0 Å². The summed E-state index contributed by atoms with van der Waals surface area (Å²) in [4.78, 5) is 2.48. The monoisotopic (exact) mass is 186 g/mol. The Kier molecular flexibility index (Phi) is 4.16. The molecular weight excluding hydrogens is 164 g/mol. The molecule has 1 heterocycles. The highest BCUT2D eigenvalue weighted by Gasteiger charge is 2.29. The van der Waals surface area contributed by atoms with E-state index in [1.807, 2.05) is 0 Å². The molecule has 3 heteroatoms. The molecule has 0 bridgehead atoms. The average Bonchev–Trinajstić information content (AvgIpc) is 2.62. The summed E-state index contributed by atoms with van der Waals surface area (Å²) < 4.78 is 5.33. The second-order valence-electron chi connectivity index (χ2n) is 3.95. The summed E-state index contributed by atoms with van der Waals surface area (Å²) in [6, 6.07) is 1.06. The smallest absolute Gasteiger partial charge is 0.0695 e. The first-order valence-electron chi connectivity index (χ1n) is 5.19. The highest BCUT2D eigenvalue weighted by Crippen LogP contribution is 2.21. The summed E-state index contributed by atoms with van der Waals surface area (Å²) in [6.45, 7) is 6.30. The van der Waals surface area contributed by atoms with Gasteiger partial charge < -0.3 is 10.5 Å². The highest BCUT2D eigenvalue weighted by molar-refractivity contribution is 4.85. The summed E-state index contributed by atoms with van der Waals surface area (Å²) in [5.41, 5.74) is 5.72. The van der Waals surface area contributed by atoms with Crippen LogP contribution in [0.4, 0.5) is 0 Å². The number of hydrogen-bond donors (Lipinski definition) is 1. The maximum absolute atomic E-state index is 5.72. The van der Waals surface area contributed by atoms with Crippen LogP contribution in [0.1, 0.15) is 26.7 Å². The van der Waals surface area contributed by atoms with Gasteiger partial charge in [-0.05, 0) is 33.2 Å². The van der Waals surface area contributed by atoms with Crippen molar-refractivity contribution in [2.75, 3.05) is 20.2 Å². The molecule has 0 saturated carbocycles. The number of likely N-dealkylation sites (tertiary alicyclic amines) is 1. The molecule has 3 unspecified atom stereocenters. The SMILES string of the molecule is COC(C)C(C)N1CCCC1CN. The summed E-state index contributed by atoms with van der Waals surface area (Å²) in [5.74, 6) is 0. The van der Waals surface area contributed by atoms with Crippen LogP contribution in [0.15, 0.2) is 0 Å². The van der Waals surface area contributed by atoms with Crippen molar-refractivity contribution in [1.29, 1.82) is 0 Å². The van der Waals surface area contributed by atoms with Crippen molar-refractivity contribution in [3.63, 3.8) is 0 Å². The van der Waals surface area contributed by atoms with Gasteiger partial charge in [-0.2, -0.15) is 0 Å². The van der Waals surface area contributed by atoms with Crippen LogP contribution in [-0.4, -0.2) is 43.3 Å². The summed E-state index contributed by atoms with van der Waals surface area (Å²) in [7, 11) is 1.77. The third-order valence-corrected chi connectivity index (χ3v) is 3.27. The number of rotatable bonds is 4. The molecule has 3 atom stereocenters. The van der Waals surface area contributed by atoms with Crippen molar-refractivity contribution in [2.45, 2.75) is 44.9 Å². The molecular formula is C10H22N2O. The second-order valence-corrected chi connectivity index (χ2v) is 3.95. The minimum Gasteiger partial charge on any atom is -0.380 e. The van der Waals surface area contributed by atoms with Gasteiger partial charge in [-0.3, -0.25) is 4.90 Å². The number of methoxy groups -OCH3 is 1. The summed E-state index contributed by atoms with van der Waals surface area (Å²) in [6.07, 6.45) is 2.83. The van der Waals surface area contributed by atoms with Gasteiger partial charge >= 0.3 is 0 Å². The fourth-order valence-corrected chi connectivity index (χ4v) is 2.11. The van der Waals surface area contributed by atoms with Crippen molar-refractivity contribution < 1.29 is 4.74 Å². The van der Waals surface area contributed by atoms with E-state index in [0.717, 1.165) is 6.54 Å². The third-order valence-electron chi connectivity index (χ3n) is 3.27. The van der Waals surface area contributed by atoms with Gasteiger partial charge in [0.05, 0.1) is 6.10 Å². The van der Waals surface area contributed by atoms with E-state index in [9.17, 15) is 0 Å². The molecule has 0 amide bonds. The lowest BCUT2D eigenvalue weighted by Crippen LogP contribution is -2.46. The molecule has 0 aromatic heterocycles. The van der Waals surface area contributed by atoms with E-state index in [4.69, 9.17) is 10.5 Å². The van der Waals surface area contributed by atoms with E-state index in [0.29, 0.717) is 18.2 Å². The maximum atomic E-state index is 5.72. The van der Waals surface area contributed by atoms with Crippen molar-refractivity contribution in [3.8, 4) is 0 Å². The van der Waals surface area contributed by atoms with Crippen LogP contribution in [0, 0.1) is 0 Å². The number of nitrogens with two attached hydrogens (primary N) is 1. The molecule has 0 spiro atoms. The van der Waals surface area contributed by atoms with E-state index in [2.05, 4.69) is 18.7 Å². The van der Waals surface area contributed by atoms with Gasteiger partial charge in [0.1, 0.15) is 0 Å². The minimum atomic E-state index is 0.298. The van der Waals surface area contributed by atoms with E-state index in [1.165, 1.54) is 19.4 Å². The lowest BCUT2D eigenvalue weighted by Gasteiger charge is -2.33. The maximum Gasteiger partial charge on any atom is 0.0695 e. The zero-order valence-corrected chi connectivity index (χ0v) is 8.99. The predicted molar refractivity (Wildman–Crippen MR) is 54.7 cm³/mol. The Bertz CT molecular complexity index is 152. The predicted octanol–water partition coefficient (Wildman–Crippen LogP) is 0.833. The summed E-state index contributed by atoms with van der Waals surface area (Å²) >= 11 is 0. The second kappa shape index (κ2) is 4.94. The van der Waals surface area contributed by atoms with Gasteiger partial charge in [0, 0.05) is 25.7 Å². The first-order valence-corrected chi connectivity index (χ1v) is 5.19. The molecule has 78 valence electrons. The standard InChI is InChI=1S/C10H22N2O/c1-8(9(2)13-3)12-6-4-5-10(12)7-11/h8-10H,4-7,11H2,1-3H3. The molecule has 0 aromatic carbocycles. The van der Waals surface area contributed by atoms with E-state index < -0.39 is 0 Å². The van der Waals surface area contributed by atoms with E-state index in [1.54, 1.807) is 7.11 Å². The van der Waals surface area contributed by atoms with Gasteiger partial charge in [0.2, 0.25) is 0 Å². The Morgan fingerprint density at radius 3 is 2.77 bits per heavy atom. The molecule has 3 nitrogen and oxygen atoms in total. The number of hydrogen-bond acceptors (Lipinski definition) is 3. The van der Waals surface area contributed by atoms with E-state index >= 15 is 0 Å². The minimum absolute atomic E-state index is 0.298. The molecule has 2 N–H and O–H groups in total. The first-order chi connectivity index (χ1) is 6.20. The molecule has 1 rings (SSSR count). The molecule has 0 aromatic rings. The van der Waals surface area contributed by atoms with Crippen LogP contribution in [-0.2, 0) is 4.74 Å². The quantitative estimate of drug-likeness (QED) is 0.707. The van der Waals surface area contributed by atoms with Crippen LogP contribution in [0.2, 0.25) is 0 Å². The van der Waals surface area contributed by atoms with Crippen molar-refractivity contribution in [3.05, 3.63) is 0 Å². The molecule has 1 aliphatic rings. The highest BCUT2D eigenvalue weighted by atomic mass is 16.5. The number of ether oxygens (including phenoxy) is 1. The lowest BCUT2D eigenvalue weighted by atomic mass is 10.1. The largest absolute Gasteiger partial charge is 0.380 e. The van der Waals surface area contributed by atoms with Crippen molar-refractivity contribution in [2.24, 2.45) is 5.73 Å². The van der Waals surface area contributed by atoms with Gasteiger partial charge in [0.15, 0.2) is 0 Å².